The van der Waals surface area contributed by atoms with Gasteiger partial charge in [-0.2, -0.15) is 0 Å². The second-order valence-corrected chi connectivity index (χ2v) is 7.43. The maximum Gasteiger partial charge on any atom is 0.355 e. The molecule has 0 saturated carbocycles. The molecule has 2 N–H and O–H groups in total. The van der Waals surface area contributed by atoms with Gasteiger partial charge in [-0.3, -0.25) is 4.79 Å². The number of benzene rings is 1. The number of nitrogens with one attached hydrogen (secondary N) is 1. The third-order valence-electron chi connectivity index (χ3n) is 3.80. The van der Waals surface area contributed by atoms with E-state index in [1.807, 2.05) is 6.92 Å². The molecule has 0 spiro atoms. The highest BCUT2D eigenvalue weighted by Crippen LogP contribution is 2.27. The van der Waals surface area contributed by atoms with Crippen molar-refractivity contribution in [3.63, 3.8) is 0 Å². The third kappa shape index (κ3) is 4.66. The van der Waals surface area contributed by atoms with E-state index in [0.29, 0.717) is 23.4 Å². The number of pyridine rings is 1. The van der Waals surface area contributed by atoms with Gasteiger partial charge in [-0.15, -0.1) is 0 Å². The Morgan fingerprint density at radius 1 is 1.08 bits per heavy atom. The van der Waals surface area contributed by atoms with Crippen LogP contribution >= 0.6 is 0 Å². The first-order valence-corrected chi connectivity index (χ1v) is 8.18. The molecule has 0 fully saturated rings. The van der Waals surface area contributed by atoms with E-state index in [1.54, 1.807) is 37.3 Å². The topological polar surface area (TPSA) is 79.3 Å². The van der Waals surface area contributed by atoms with Crippen molar-refractivity contribution >= 4 is 11.9 Å². The number of carboxylic acids is 1. The summed E-state index contributed by atoms with van der Waals surface area (Å²) in [7, 11) is 0. The fraction of sp³-hybridized carbons (Fsp3) is 0.350. The predicted octanol–water partition coefficient (Wildman–Crippen LogP) is 3.84. The third-order valence-corrected chi connectivity index (χ3v) is 3.80. The minimum absolute atomic E-state index is 0.00853. The quantitative estimate of drug-likeness (QED) is 0.886. The summed E-state index contributed by atoms with van der Waals surface area (Å²) in [4.78, 5) is 27.9. The van der Waals surface area contributed by atoms with Crippen LogP contribution < -0.4 is 5.32 Å². The fourth-order valence-corrected chi connectivity index (χ4v) is 2.49. The second-order valence-electron chi connectivity index (χ2n) is 7.43. The molecule has 0 unspecified atom stereocenters. The summed E-state index contributed by atoms with van der Waals surface area (Å²) in [5.41, 5.74) is 3.38. The van der Waals surface area contributed by atoms with Gasteiger partial charge in [0.15, 0.2) is 5.69 Å². The molecular formula is C20H24N2O3. The van der Waals surface area contributed by atoms with Crippen molar-refractivity contribution in [2.24, 2.45) is 5.41 Å². The van der Waals surface area contributed by atoms with Crippen LogP contribution in [0.25, 0.3) is 11.1 Å². The Kier molecular flexibility index (Phi) is 5.26. The molecule has 0 aliphatic carbocycles. The smallest absolute Gasteiger partial charge is 0.355 e. The van der Waals surface area contributed by atoms with Gasteiger partial charge >= 0.3 is 5.97 Å². The van der Waals surface area contributed by atoms with Crippen LogP contribution in [0.3, 0.4) is 0 Å². The number of aromatic carboxylic acids is 1. The van der Waals surface area contributed by atoms with Crippen molar-refractivity contribution in [3.8, 4) is 11.1 Å². The lowest BCUT2D eigenvalue weighted by Crippen LogP contribution is -2.32. The van der Waals surface area contributed by atoms with Crippen molar-refractivity contribution in [2.75, 3.05) is 6.54 Å². The average Bonchev–Trinajstić information content (AvgIpc) is 2.52. The number of hydrogen-bond acceptors (Lipinski definition) is 3. The number of amides is 1. The maximum absolute atomic E-state index is 12.3. The monoisotopic (exact) mass is 340 g/mol. The van der Waals surface area contributed by atoms with E-state index in [4.69, 9.17) is 0 Å². The highest BCUT2D eigenvalue weighted by atomic mass is 16.4. The van der Waals surface area contributed by atoms with E-state index in [0.717, 1.165) is 11.1 Å². The van der Waals surface area contributed by atoms with Crippen LogP contribution in [-0.2, 0) is 0 Å². The summed E-state index contributed by atoms with van der Waals surface area (Å²) in [6.45, 7) is 10.4. The van der Waals surface area contributed by atoms with Gasteiger partial charge < -0.3 is 10.4 Å². The van der Waals surface area contributed by atoms with Crippen molar-refractivity contribution < 1.29 is 14.7 Å². The van der Waals surface area contributed by atoms with Gasteiger partial charge in [0.1, 0.15) is 0 Å². The Hall–Kier alpha value is -2.69. The normalized spacial score (nSPS) is 11.2. The molecule has 5 nitrogen and oxygen atoms in total. The summed E-state index contributed by atoms with van der Waals surface area (Å²) in [6.07, 6.45) is 0. The maximum atomic E-state index is 12.3. The van der Waals surface area contributed by atoms with Crippen LogP contribution in [0.4, 0.5) is 0 Å². The highest BCUT2D eigenvalue weighted by Gasteiger charge is 2.17. The zero-order chi connectivity index (χ0) is 18.8. The van der Waals surface area contributed by atoms with E-state index < -0.39 is 5.97 Å². The molecule has 0 bridgehead atoms. The number of aromatic nitrogens is 1. The molecule has 5 heteroatoms. The summed E-state index contributed by atoms with van der Waals surface area (Å²) in [5, 5.41) is 12.3. The summed E-state index contributed by atoms with van der Waals surface area (Å²) in [5.74, 6) is -1.20. The number of hydrogen-bond donors (Lipinski definition) is 2. The Morgan fingerprint density at radius 3 is 2.28 bits per heavy atom. The Bertz CT molecular complexity index is 820. The lowest BCUT2D eigenvalue weighted by atomic mass is 9.95. The molecule has 1 aromatic heterocycles. The molecule has 0 atom stereocenters. The van der Waals surface area contributed by atoms with Gasteiger partial charge in [-0.1, -0.05) is 32.9 Å². The van der Waals surface area contributed by atoms with E-state index in [9.17, 15) is 14.7 Å². The van der Waals surface area contributed by atoms with Crippen LogP contribution in [0, 0.1) is 19.3 Å². The van der Waals surface area contributed by atoms with Gasteiger partial charge in [0.2, 0.25) is 0 Å². The Labute approximate surface area is 148 Å². The van der Waals surface area contributed by atoms with Crippen molar-refractivity contribution in [3.05, 3.63) is 52.8 Å². The molecular weight excluding hydrogens is 316 g/mol. The van der Waals surface area contributed by atoms with Crippen LogP contribution in [0.15, 0.2) is 30.3 Å². The van der Waals surface area contributed by atoms with Crippen molar-refractivity contribution in [2.45, 2.75) is 34.6 Å². The van der Waals surface area contributed by atoms with Crippen LogP contribution in [-0.4, -0.2) is 28.5 Å². The number of aryl methyl sites for hydroxylation is 2. The molecule has 2 aromatic rings. The van der Waals surface area contributed by atoms with Crippen LogP contribution in [0.5, 0.6) is 0 Å². The van der Waals surface area contributed by atoms with Gasteiger partial charge in [-0.05, 0) is 48.6 Å². The molecule has 2 rings (SSSR count). The number of nitrogens with zero attached hydrogens (tertiary/aromatic N) is 1. The van der Waals surface area contributed by atoms with Gasteiger partial charge in [0.05, 0.1) is 0 Å². The largest absolute Gasteiger partial charge is 0.476 e. The molecule has 132 valence electrons. The molecule has 0 radical (unpaired) electrons. The zero-order valence-corrected chi connectivity index (χ0v) is 15.3. The number of rotatable bonds is 4. The van der Waals surface area contributed by atoms with E-state index in [2.05, 4.69) is 31.1 Å². The molecule has 1 aromatic carbocycles. The predicted molar refractivity (Wildman–Crippen MR) is 97.9 cm³/mol. The minimum atomic E-state index is -1.06. The molecule has 25 heavy (non-hydrogen) atoms. The lowest BCUT2D eigenvalue weighted by Gasteiger charge is -2.19. The SMILES string of the molecule is Cc1ccc(-c2ccc(C(=O)NCC(C)(C)C)cc2C)c(C(=O)O)n1. The summed E-state index contributed by atoms with van der Waals surface area (Å²) < 4.78 is 0. The fourth-order valence-electron chi connectivity index (χ4n) is 2.49. The Morgan fingerprint density at radius 2 is 1.72 bits per heavy atom. The highest BCUT2D eigenvalue weighted by molar-refractivity contribution is 5.97. The number of carboxylic acid groups (broad SMARTS) is 1. The molecule has 0 aliphatic heterocycles. The first-order chi connectivity index (χ1) is 11.6. The van der Waals surface area contributed by atoms with E-state index in [1.165, 1.54) is 0 Å². The summed E-state index contributed by atoms with van der Waals surface area (Å²) in [6, 6.07) is 8.81. The molecule has 1 heterocycles. The van der Waals surface area contributed by atoms with E-state index >= 15 is 0 Å². The number of carbonyl (C=O) groups is 2. The van der Waals surface area contributed by atoms with Crippen molar-refractivity contribution in [1.29, 1.82) is 0 Å². The van der Waals surface area contributed by atoms with Crippen LogP contribution in [0.2, 0.25) is 0 Å². The summed E-state index contributed by atoms with van der Waals surface area (Å²) >= 11 is 0. The van der Waals surface area contributed by atoms with E-state index in [-0.39, 0.29) is 17.0 Å². The molecule has 0 saturated heterocycles. The van der Waals surface area contributed by atoms with Crippen molar-refractivity contribution in [1.82, 2.24) is 10.3 Å². The average molecular weight is 340 g/mol. The second kappa shape index (κ2) is 7.05. The van der Waals surface area contributed by atoms with Crippen LogP contribution in [0.1, 0.15) is 52.9 Å². The molecule has 0 aliphatic rings. The number of carbonyl (C=O) groups excluding carboxylic acids is 1. The zero-order valence-electron chi connectivity index (χ0n) is 15.3. The molecule has 1 amide bonds. The first-order valence-electron chi connectivity index (χ1n) is 8.18. The Balaban J connectivity index is 2.35. The van der Waals surface area contributed by atoms with Gasteiger partial charge in [0.25, 0.3) is 5.91 Å². The minimum Gasteiger partial charge on any atom is -0.476 e. The van der Waals surface area contributed by atoms with Gasteiger partial charge in [0, 0.05) is 23.4 Å². The standard InChI is InChI=1S/C20H24N2O3/c1-12-10-14(18(23)21-11-20(3,4)5)7-9-15(12)16-8-6-13(2)22-17(16)19(24)25/h6-10H,11H2,1-5H3,(H,21,23)(H,24,25). The van der Waals surface area contributed by atoms with Gasteiger partial charge in [-0.25, -0.2) is 9.78 Å². The lowest BCUT2D eigenvalue weighted by molar-refractivity contribution is 0.0691. The first kappa shape index (κ1) is 18.6.